The minimum Gasteiger partial charge on any atom is -0.497 e. The maximum absolute atomic E-state index is 12.1. The molecule has 2 aromatic rings. The van der Waals surface area contributed by atoms with Gasteiger partial charge < -0.3 is 19.7 Å². The normalized spacial score (nSPS) is 10.0. The molecule has 0 bridgehead atoms. The average Bonchev–Trinajstić information content (AvgIpc) is 2.57. The van der Waals surface area contributed by atoms with Gasteiger partial charge in [0.2, 0.25) is 0 Å². The number of nitrogens with one attached hydrogen (secondary N) is 1. The summed E-state index contributed by atoms with van der Waals surface area (Å²) in [6.45, 7) is 0.894. The number of ether oxygens (including phenoxy) is 2. The number of carbonyl (C=O) groups excluding carboxylic acids is 1. The van der Waals surface area contributed by atoms with Crippen molar-refractivity contribution in [2.75, 3.05) is 32.6 Å². The molecule has 1 N–H and O–H groups in total. The number of halogens is 1. The van der Waals surface area contributed by atoms with E-state index in [0.29, 0.717) is 13.2 Å². The first-order valence-electron chi connectivity index (χ1n) is 7.13. The number of nitrogens with zero attached hydrogens (tertiary/aromatic N) is 1. The van der Waals surface area contributed by atoms with Crippen molar-refractivity contribution in [3.05, 3.63) is 53.0 Å². The van der Waals surface area contributed by atoms with Gasteiger partial charge >= 0.3 is 6.03 Å². The monoisotopic (exact) mass is 378 g/mol. The van der Waals surface area contributed by atoms with Crippen LogP contribution in [0.3, 0.4) is 0 Å². The molecule has 0 saturated heterocycles. The van der Waals surface area contributed by atoms with E-state index >= 15 is 0 Å². The fourth-order valence-electron chi connectivity index (χ4n) is 1.83. The predicted molar refractivity (Wildman–Crippen MR) is 94.3 cm³/mol. The summed E-state index contributed by atoms with van der Waals surface area (Å²) in [7, 11) is 3.35. The van der Waals surface area contributed by atoms with Crippen LogP contribution in [-0.4, -0.2) is 38.2 Å². The number of hydrogen-bond donors (Lipinski definition) is 1. The lowest BCUT2D eigenvalue weighted by Gasteiger charge is -2.18. The number of rotatable bonds is 6. The van der Waals surface area contributed by atoms with Gasteiger partial charge in [-0.25, -0.2) is 4.79 Å². The third kappa shape index (κ3) is 5.49. The van der Waals surface area contributed by atoms with Crippen molar-refractivity contribution >= 4 is 27.6 Å². The number of amides is 2. The summed E-state index contributed by atoms with van der Waals surface area (Å²) in [6, 6.07) is 14.6. The first kappa shape index (κ1) is 17.1. The summed E-state index contributed by atoms with van der Waals surface area (Å²) in [5.41, 5.74) is 0.751. The summed E-state index contributed by atoms with van der Waals surface area (Å²) in [4.78, 5) is 13.6. The maximum Gasteiger partial charge on any atom is 0.321 e. The van der Waals surface area contributed by atoms with E-state index in [0.717, 1.165) is 21.7 Å². The van der Waals surface area contributed by atoms with Crippen molar-refractivity contribution in [1.29, 1.82) is 0 Å². The Balaban J connectivity index is 1.75. The highest BCUT2D eigenvalue weighted by Crippen LogP contribution is 2.17. The number of methoxy groups -OCH3 is 1. The number of hydrogen-bond acceptors (Lipinski definition) is 3. The zero-order valence-electron chi connectivity index (χ0n) is 13.1. The number of benzene rings is 2. The molecule has 0 atom stereocenters. The van der Waals surface area contributed by atoms with Crippen LogP contribution in [0.2, 0.25) is 0 Å². The van der Waals surface area contributed by atoms with Gasteiger partial charge in [-0.2, -0.15) is 0 Å². The Hall–Kier alpha value is -2.21. The summed E-state index contributed by atoms with van der Waals surface area (Å²) in [5, 5.41) is 2.83. The van der Waals surface area contributed by atoms with E-state index in [2.05, 4.69) is 21.2 Å². The molecule has 2 rings (SSSR count). The number of urea groups is 1. The molecule has 0 aliphatic rings. The van der Waals surface area contributed by atoms with Crippen LogP contribution in [0.1, 0.15) is 0 Å². The van der Waals surface area contributed by atoms with E-state index in [-0.39, 0.29) is 6.03 Å². The number of carbonyl (C=O) groups is 1. The van der Waals surface area contributed by atoms with Crippen LogP contribution >= 0.6 is 15.9 Å². The van der Waals surface area contributed by atoms with E-state index in [1.807, 2.05) is 48.5 Å². The van der Waals surface area contributed by atoms with Crippen molar-refractivity contribution in [3.8, 4) is 11.5 Å². The molecule has 2 amide bonds. The second-order valence-electron chi connectivity index (χ2n) is 4.88. The molecule has 0 spiro atoms. The fraction of sp³-hybridized carbons (Fsp3) is 0.235. The molecule has 0 saturated carbocycles. The lowest BCUT2D eigenvalue weighted by atomic mass is 10.3. The number of likely N-dealkylation sites (N-methyl/N-ethyl adjacent to an activating group) is 1. The molecule has 0 aliphatic carbocycles. The molecule has 0 aliphatic heterocycles. The van der Waals surface area contributed by atoms with Gasteiger partial charge in [0.15, 0.2) is 0 Å². The highest BCUT2D eigenvalue weighted by molar-refractivity contribution is 9.10. The van der Waals surface area contributed by atoms with Crippen LogP contribution in [0.15, 0.2) is 53.0 Å². The second kappa shape index (κ2) is 8.43. The van der Waals surface area contributed by atoms with Crippen molar-refractivity contribution in [2.24, 2.45) is 0 Å². The van der Waals surface area contributed by atoms with Gasteiger partial charge in [-0.05, 0) is 48.5 Å². The van der Waals surface area contributed by atoms with Gasteiger partial charge in [-0.15, -0.1) is 0 Å². The third-order valence-corrected chi connectivity index (χ3v) is 3.73. The van der Waals surface area contributed by atoms with E-state index < -0.39 is 0 Å². The first-order chi connectivity index (χ1) is 11.1. The summed E-state index contributed by atoms with van der Waals surface area (Å²) in [6.07, 6.45) is 0. The van der Waals surface area contributed by atoms with E-state index in [4.69, 9.17) is 9.47 Å². The fourth-order valence-corrected chi connectivity index (χ4v) is 2.09. The van der Waals surface area contributed by atoms with Crippen LogP contribution in [0, 0.1) is 0 Å². The molecule has 23 heavy (non-hydrogen) atoms. The van der Waals surface area contributed by atoms with Crippen molar-refractivity contribution < 1.29 is 14.3 Å². The molecule has 6 heteroatoms. The molecule has 0 fully saturated rings. The smallest absolute Gasteiger partial charge is 0.321 e. The molecular formula is C17H19BrN2O3. The van der Waals surface area contributed by atoms with Crippen molar-refractivity contribution in [2.45, 2.75) is 0 Å². The Labute approximate surface area is 144 Å². The van der Waals surface area contributed by atoms with Crippen LogP contribution in [0.25, 0.3) is 0 Å². The maximum atomic E-state index is 12.1. The highest BCUT2D eigenvalue weighted by atomic mass is 79.9. The second-order valence-corrected chi connectivity index (χ2v) is 5.80. The Kier molecular flexibility index (Phi) is 6.29. The lowest BCUT2D eigenvalue weighted by Crippen LogP contribution is -2.34. The molecular weight excluding hydrogens is 360 g/mol. The van der Waals surface area contributed by atoms with Gasteiger partial charge in [0.25, 0.3) is 0 Å². The topological polar surface area (TPSA) is 50.8 Å². The van der Waals surface area contributed by atoms with Crippen LogP contribution in [0.4, 0.5) is 10.5 Å². The Morgan fingerprint density at radius 2 is 1.70 bits per heavy atom. The minimum absolute atomic E-state index is 0.175. The van der Waals surface area contributed by atoms with Crippen LogP contribution in [0.5, 0.6) is 11.5 Å². The molecule has 5 nitrogen and oxygen atoms in total. The standard InChI is InChI=1S/C17H19BrN2O3/c1-20(17(21)19-14-5-3-13(18)4-6-14)11-12-23-16-9-7-15(22-2)8-10-16/h3-10H,11-12H2,1-2H3,(H,19,21). The van der Waals surface area contributed by atoms with Crippen molar-refractivity contribution in [3.63, 3.8) is 0 Å². The first-order valence-corrected chi connectivity index (χ1v) is 7.92. The van der Waals surface area contributed by atoms with Gasteiger partial charge in [0.05, 0.1) is 13.7 Å². The van der Waals surface area contributed by atoms with Gasteiger partial charge in [0, 0.05) is 17.2 Å². The quantitative estimate of drug-likeness (QED) is 0.826. The van der Waals surface area contributed by atoms with E-state index in [1.165, 1.54) is 0 Å². The van der Waals surface area contributed by atoms with Gasteiger partial charge in [-0.1, -0.05) is 15.9 Å². The molecule has 0 aromatic heterocycles. The molecule has 0 unspecified atom stereocenters. The third-order valence-electron chi connectivity index (χ3n) is 3.20. The van der Waals surface area contributed by atoms with E-state index in [9.17, 15) is 4.79 Å². The highest BCUT2D eigenvalue weighted by Gasteiger charge is 2.08. The molecule has 2 aromatic carbocycles. The number of anilines is 1. The van der Waals surface area contributed by atoms with Crippen molar-refractivity contribution in [1.82, 2.24) is 4.90 Å². The van der Waals surface area contributed by atoms with Gasteiger partial charge in [-0.3, -0.25) is 0 Å². The Morgan fingerprint density at radius 1 is 1.09 bits per heavy atom. The average molecular weight is 379 g/mol. The summed E-state index contributed by atoms with van der Waals surface area (Å²) in [5.74, 6) is 1.52. The van der Waals surface area contributed by atoms with Crippen LogP contribution < -0.4 is 14.8 Å². The largest absolute Gasteiger partial charge is 0.497 e. The van der Waals surface area contributed by atoms with Gasteiger partial charge in [0.1, 0.15) is 18.1 Å². The predicted octanol–water partition coefficient (Wildman–Crippen LogP) is 4.00. The Morgan fingerprint density at radius 3 is 2.30 bits per heavy atom. The minimum atomic E-state index is -0.175. The summed E-state index contributed by atoms with van der Waals surface area (Å²) < 4.78 is 11.7. The zero-order valence-corrected chi connectivity index (χ0v) is 14.7. The SMILES string of the molecule is COc1ccc(OCCN(C)C(=O)Nc2ccc(Br)cc2)cc1. The molecule has 122 valence electrons. The van der Waals surface area contributed by atoms with Crippen LogP contribution in [-0.2, 0) is 0 Å². The molecule has 0 heterocycles. The lowest BCUT2D eigenvalue weighted by molar-refractivity contribution is 0.207. The summed E-state index contributed by atoms with van der Waals surface area (Å²) >= 11 is 3.36. The molecule has 0 radical (unpaired) electrons. The zero-order chi connectivity index (χ0) is 16.7. The Bertz CT molecular complexity index is 629. The van der Waals surface area contributed by atoms with E-state index in [1.54, 1.807) is 19.1 Å².